The number of hydrogen-bond acceptors (Lipinski definition) is 2. The maximum absolute atomic E-state index is 12.4. The largest absolute Gasteiger partial charge is 0.326 e. The molecular formula is C21H23ClN2O2. The zero-order valence-corrected chi connectivity index (χ0v) is 15.6. The Labute approximate surface area is 158 Å². The summed E-state index contributed by atoms with van der Waals surface area (Å²) < 4.78 is 0. The molecule has 26 heavy (non-hydrogen) atoms. The second-order valence-electron chi connectivity index (χ2n) is 6.81. The van der Waals surface area contributed by atoms with Crippen molar-refractivity contribution in [2.75, 3.05) is 10.6 Å². The molecule has 0 atom stereocenters. The molecule has 2 aromatic rings. The third-order valence-electron chi connectivity index (χ3n) is 4.84. The third-order valence-corrected chi connectivity index (χ3v) is 5.09. The van der Waals surface area contributed by atoms with Crippen molar-refractivity contribution in [1.82, 2.24) is 0 Å². The van der Waals surface area contributed by atoms with Gasteiger partial charge in [-0.25, -0.2) is 0 Å². The van der Waals surface area contributed by atoms with Crippen LogP contribution in [0.15, 0.2) is 42.5 Å². The molecule has 1 aliphatic carbocycles. The maximum Gasteiger partial charge on any atom is 0.255 e. The van der Waals surface area contributed by atoms with Gasteiger partial charge in [-0.15, -0.1) is 0 Å². The monoisotopic (exact) mass is 370 g/mol. The van der Waals surface area contributed by atoms with Crippen LogP contribution in [0.5, 0.6) is 0 Å². The SMILES string of the molecule is Cc1ccc(NC(=O)C2CCCCC2)cc1NC(=O)c1ccc(Cl)cc1. The summed E-state index contributed by atoms with van der Waals surface area (Å²) in [5, 5.41) is 6.49. The molecule has 0 aromatic heterocycles. The van der Waals surface area contributed by atoms with Crippen molar-refractivity contribution in [1.29, 1.82) is 0 Å². The van der Waals surface area contributed by atoms with E-state index >= 15 is 0 Å². The molecule has 0 radical (unpaired) electrons. The minimum atomic E-state index is -0.208. The molecule has 136 valence electrons. The Morgan fingerprint density at radius 1 is 0.962 bits per heavy atom. The van der Waals surface area contributed by atoms with Crippen LogP contribution < -0.4 is 10.6 Å². The van der Waals surface area contributed by atoms with Crippen LogP contribution in [0.1, 0.15) is 48.0 Å². The van der Waals surface area contributed by atoms with E-state index in [0.717, 1.165) is 31.2 Å². The second-order valence-corrected chi connectivity index (χ2v) is 7.25. The highest BCUT2D eigenvalue weighted by Gasteiger charge is 2.21. The van der Waals surface area contributed by atoms with E-state index in [0.29, 0.717) is 22.0 Å². The fourth-order valence-electron chi connectivity index (χ4n) is 3.24. The zero-order valence-electron chi connectivity index (χ0n) is 14.8. The van der Waals surface area contributed by atoms with Gasteiger partial charge >= 0.3 is 0 Å². The van der Waals surface area contributed by atoms with Crippen LogP contribution in [0.3, 0.4) is 0 Å². The number of nitrogens with one attached hydrogen (secondary N) is 2. The van der Waals surface area contributed by atoms with E-state index in [2.05, 4.69) is 10.6 Å². The molecule has 0 spiro atoms. The number of aryl methyl sites for hydroxylation is 1. The van der Waals surface area contributed by atoms with Gasteiger partial charge in [0.2, 0.25) is 5.91 Å². The van der Waals surface area contributed by atoms with Crippen molar-refractivity contribution in [2.24, 2.45) is 5.92 Å². The Hall–Kier alpha value is -2.33. The summed E-state index contributed by atoms with van der Waals surface area (Å²) in [5.41, 5.74) is 2.86. The number of amides is 2. The van der Waals surface area contributed by atoms with Crippen molar-refractivity contribution in [2.45, 2.75) is 39.0 Å². The van der Waals surface area contributed by atoms with Gasteiger partial charge < -0.3 is 10.6 Å². The van der Waals surface area contributed by atoms with Gasteiger partial charge in [-0.05, 0) is 61.7 Å². The molecule has 2 N–H and O–H groups in total. The first-order chi connectivity index (χ1) is 12.5. The number of halogens is 1. The van der Waals surface area contributed by atoms with Crippen LogP contribution in [0, 0.1) is 12.8 Å². The van der Waals surface area contributed by atoms with Crippen molar-refractivity contribution in [3.05, 3.63) is 58.6 Å². The molecule has 0 heterocycles. The van der Waals surface area contributed by atoms with E-state index in [4.69, 9.17) is 11.6 Å². The lowest BCUT2D eigenvalue weighted by molar-refractivity contribution is -0.120. The molecule has 1 fully saturated rings. The molecule has 1 aliphatic rings. The summed E-state index contributed by atoms with van der Waals surface area (Å²) in [4.78, 5) is 24.8. The van der Waals surface area contributed by atoms with E-state index < -0.39 is 0 Å². The summed E-state index contributed by atoms with van der Waals surface area (Å²) in [6, 6.07) is 12.3. The van der Waals surface area contributed by atoms with Crippen LogP contribution >= 0.6 is 11.6 Å². The maximum atomic E-state index is 12.4. The Bertz CT molecular complexity index is 796. The number of carbonyl (C=O) groups excluding carboxylic acids is 2. The average molecular weight is 371 g/mol. The summed E-state index contributed by atoms with van der Waals surface area (Å²) in [6.45, 7) is 1.92. The minimum absolute atomic E-state index is 0.0727. The van der Waals surface area contributed by atoms with Gasteiger partial charge in [0.15, 0.2) is 0 Å². The molecule has 0 unspecified atom stereocenters. The summed E-state index contributed by atoms with van der Waals surface area (Å²) in [5.74, 6) is -0.0405. The van der Waals surface area contributed by atoms with Crippen LogP contribution in [-0.2, 0) is 4.79 Å². The van der Waals surface area contributed by atoms with Gasteiger partial charge in [-0.1, -0.05) is 36.9 Å². The zero-order chi connectivity index (χ0) is 18.5. The van der Waals surface area contributed by atoms with E-state index in [9.17, 15) is 9.59 Å². The van der Waals surface area contributed by atoms with Gasteiger partial charge in [0.1, 0.15) is 0 Å². The normalized spacial score (nSPS) is 14.7. The summed E-state index contributed by atoms with van der Waals surface area (Å²) in [7, 11) is 0. The Kier molecular flexibility index (Phi) is 5.94. The number of hydrogen-bond donors (Lipinski definition) is 2. The lowest BCUT2D eigenvalue weighted by Gasteiger charge is -2.21. The van der Waals surface area contributed by atoms with E-state index in [1.807, 2.05) is 25.1 Å². The standard InChI is InChI=1S/C21H23ClN2O2/c1-14-7-12-18(23-20(25)15-5-3-2-4-6-15)13-19(14)24-21(26)16-8-10-17(22)11-9-16/h7-13,15H,2-6H2,1H3,(H,23,25)(H,24,26). The topological polar surface area (TPSA) is 58.2 Å². The molecule has 5 heteroatoms. The first-order valence-corrected chi connectivity index (χ1v) is 9.39. The number of carbonyl (C=O) groups is 2. The van der Waals surface area contributed by atoms with Crippen molar-refractivity contribution in [3.63, 3.8) is 0 Å². The number of rotatable bonds is 4. The smallest absolute Gasteiger partial charge is 0.255 e. The van der Waals surface area contributed by atoms with Crippen molar-refractivity contribution in [3.8, 4) is 0 Å². The Morgan fingerprint density at radius 2 is 1.65 bits per heavy atom. The summed E-state index contributed by atoms with van der Waals surface area (Å²) in [6.07, 6.45) is 5.37. The van der Waals surface area contributed by atoms with Crippen molar-refractivity contribution < 1.29 is 9.59 Å². The molecule has 0 saturated heterocycles. The fraction of sp³-hybridized carbons (Fsp3) is 0.333. The van der Waals surface area contributed by atoms with E-state index in [1.54, 1.807) is 24.3 Å². The van der Waals surface area contributed by atoms with Gasteiger partial charge in [0.05, 0.1) is 0 Å². The molecule has 0 aliphatic heterocycles. The predicted octanol–water partition coefficient (Wildman–Crippen LogP) is 5.42. The lowest BCUT2D eigenvalue weighted by Crippen LogP contribution is -2.24. The van der Waals surface area contributed by atoms with Gasteiger partial charge in [-0.2, -0.15) is 0 Å². The molecule has 3 rings (SSSR count). The van der Waals surface area contributed by atoms with Crippen LogP contribution in [-0.4, -0.2) is 11.8 Å². The Morgan fingerprint density at radius 3 is 2.35 bits per heavy atom. The van der Waals surface area contributed by atoms with Gasteiger partial charge in [-0.3, -0.25) is 9.59 Å². The number of anilines is 2. The van der Waals surface area contributed by atoms with Crippen molar-refractivity contribution >= 4 is 34.8 Å². The Balaban J connectivity index is 1.69. The molecule has 1 saturated carbocycles. The third kappa shape index (κ3) is 4.64. The first-order valence-electron chi connectivity index (χ1n) is 9.01. The van der Waals surface area contributed by atoms with Gasteiger partial charge in [0.25, 0.3) is 5.91 Å². The molecule has 2 amide bonds. The predicted molar refractivity (Wildman–Crippen MR) is 106 cm³/mol. The first kappa shape index (κ1) is 18.5. The number of benzene rings is 2. The molecule has 2 aromatic carbocycles. The molecular weight excluding hydrogens is 348 g/mol. The molecule has 0 bridgehead atoms. The highest BCUT2D eigenvalue weighted by atomic mass is 35.5. The van der Waals surface area contributed by atoms with Crippen LogP contribution in [0.2, 0.25) is 5.02 Å². The van der Waals surface area contributed by atoms with Crippen LogP contribution in [0.25, 0.3) is 0 Å². The summed E-state index contributed by atoms with van der Waals surface area (Å²) >= 11 is 5.86. The van der Waals surface area contributed by atoms with Gasteiger partial charge in [0, 0.05) is 27.9 Å². The highest BCUT2D eigenvalue weighted by molar-refractivity contribution is 6.30. The molecule has 4 nitrogen and oxygen atoms in total. The average Bonchev–Trinajstić information content (AvgIpc) is 2.65. The highest BCUT2D eigenvalue weighted by Crippen LogP contribution is 2.26. The van der Waals surface area contributed by atoms with E-state index in [1.165, 1.54) is 6.42 Å². The quantitative estimate of drug-likeness (QED) is 0.754. The second kappa shape index (κ2) is 8.37. The minimum Gasteiger partial charge on any atom is -0.326 e. The lowest BCUT2D eigenvalue weighted by atomic mass is 9.88. The fourth-order valence-corrected chi connectivity index (χ4v) is 3.37. The van der Waals surface area contributed by atoms with E-state index in [-0.39, 0.29) is 17.7 Å². The van der Waals surface area contributed by atoms with Crippen LogP contribution in [0.4, 0.5) is 11.4 Å².